The van der Waals surface area contributed by atoms with Crippen LogP contribution in [0.5, 0.6) is 0 Å². The molecule has 0 aromatic heterocycles. The van der Waals surface area contributed by atoms with E-state index < -0.39 is 0 Å². The van der Waals surface area contributed by atoms with E-state index in [9.17, 15) is 9.18 Å². The molecule has 4 nitrogen and oxygen atoms in total. The zero-order valence-electron chi connectivity index (χ0n) is 14.9. The number of halogens is 1. The fourth-order valence-corrected chi connectivity index (χ4v) is 3.20. The average Bonchev–Trinajstić information content (AvgIpc) is 2.62. The highest BCUT2D eigenvalue weighted by molar-refractivity contribution is 5.95. The highest BCUT2D eigenvalue weighted by Crippen LogP contribution is 2.25. The number of carbonyl (C=O) groups excluding carboxylic acids is 1. The maximum Gasteiger partial charge on any atom is 0.254 e. The number of rotatable bonds is 3. The van der Waals surface area contributed by atoms with Crippen LogP contribution in [0, 0.1) is 5.82 Å². The second-order valence-corrected chi connectivity index (χ2v) is 6.74. The third-order valence-electron chi connectivity index (χ3n) is 4.80. The van der Waals surface area contributed by atoms with Crippen molar-refractivity contribution in [2.24, 2.45) is 0 Å². The molecular formula is C20H24FN3O. The van der Waals surface area contributed by atoms with Gasteiger partial charge in [0.05, 0.1) is 6.04 Å². The average molecular weight is 341 g/mol. The highest BCUT2D eigenvalue weighted by atomic mass is 19.1. The van der Waals surface area contributed by atoms with E-state index in [0.29, 0.717) is 18.7 Å². The summed E-state index contributed by atoms with van der Waals surface area (Å²) >= 11 is 0. The topological polar surface area (TPSA) is 26.8 Å². The van der Waals surface area contributed by atoms with Crippen molar-refractivity contribution in [3.63, 3.8) is 0 Å². The summed E-state index contributed by atoms with van der Waals surface area (Å²) in [6.45, 7) is 2.09. The number of likely N-dealkylation sites (N-methyl/N-ethyl adjacent to an activating group) is 1. The SMILES string of the molecule is CN(C)c1cccc(C(=O)N2CCN(C)C(c3ccc(F)cc3)C2)c1. The van der Waals surface area contributed by atoms with E-state index in [1.807, 2.05) is 55.2 Å². The molecule has 1 fully saturated rings. The second-order valence-electron chi connectivity index (χ2n) is 6.74. The number of anilines is 1. The van der Waals surface area contributed by atoms with E-state index >= 15 is 0 Å². The smallest absolute Gasteiger partial charge is 0.254 e. The molecule has 0 bridgehead atoms. The molecule has 3 rings (SSSR count). The third kappa shape index (κ3) is 3.82. The van der Waals surface area contributed by atoms with Crippen LogP contribution in [0.3, 0.4) is 0 Å². The molecule has 2 aromatic rings. The molecule has 0 N–H and O–H groups in total. The van der Waals surface area contributed by atoms with Gasteiger partial charge in [-0.25, -0.2) is 4.39 Å². The van der Waals surface area contributed by atoms with Gasteiger partial charge in [0.25, 0.3) is 5.91 Å². The molecule has 2 aromatic carbocycles. The quantitative estimate of drug-likeness (QED) is 0.859. The lowest BCUT2D eigenvalue weighted by Crippen LogP contribution is -2.49. The summed E-state index contributed by atoms with van der Waals surface area (Å²) in [7, 11) is 5.97. The van der Waals surface area contributed by atoms with Gasteiger partial charge in [-0.1, -0.05) is 18.2 Å². The van der Waals surface area contributed by atoms with Gasteiger partial charge in [0, 0.05) is 45.0 Å². The first-order valence-electron chi connectivity index (χ1n) is 8.48. The molecule has 0 saturated carbocycles. The van der Waals surface area contributed by atoms with Crippen LogP contribution in [0.25, 0.3) is 0 Å². The van der Waals surface area contributed by atoms with Crippen LogP contribution in [0.4, 0.5) is 10.1 Å². The van der Waals surface area contributed by atoms with Crippen molar-refractivity contribution in [1.82, 2.24) is 9.80 Å². The van der Waals surface area contributed by atoms with Crippen molar-refractivity contribution in [2.75, 3.05) is 45.7 Å². The predicted octanol–water partition coefficient (Wildman–Crippen LogP) is 3.02. The van der Waals surface area contributed by atoms with Gasteiger partial charge < -0.3 is 9.80 Å². The molecule has 0 radical (unpaired) electrons. The molecule has 1 saturated heterocycles. The zero-order valence-corrected chi connectivity index (χ0v) is 14.9. The van der Waals surface area contributed by atoms with E-state index in [1.165, 1.54) is 12.1 Å². The van der Waals surface area contributed by atoms with Crippen molar-refractivity contribution in [1.29, 1.82) is 0 Å². The normalized spacial score (nSPS) is 18.2. The Hall–Kier alpha value is -2.40. The van der Waals surface area contributed by atoms with E-state index in [0.717, 1.165) is 17.8 Å². The largest absolute Gasteiger partial charge is 0.378 e. The number of hydrogen-bond donors (Lipinski definition) is 0. The van der Waals surface area contributed by atoms with Crippen LogP contribution in [-0.2, 0) is 0 Å². The molecule has 1 atom stereocenters. The Kier molecular flexibility index (Phi) is 5.04. The van der Waals surface area contributed by atoms with Crippen molar-refractivity contribution in [3.05, 3.63) is 65.5 Å². The molecular weight excluding hydrogens is 317 g/mol. The van der Waals surface area contributed by atoms with E-state index in [1.54, 1.807) is 12.1 Å². The number of amides is 1. The van der Waals surface area contributed by atoms with Crippen LogP contribution in [-0.4, -0.2) is 56.5 Å². The Bertz CT molecular complexity index is 745. The molecule has 1 amide bonds. The van der Waals surface area contributed by atoms with E-state index in [-0.39, 0.29) is 17.8 Å². The molecule has 1 aliphatic heterocycles. The summed E-state index contributed by atoms with van der Waals surface area (Å²) in [6, 6.07) is 14.3. The minimum absolute atomic E-state index is 0.0453. The molecule has 0 aliphatic carbocycles. The van der Waals surface area contributed by atoms with Gasteiger partial charge >= 0.3 is 0 Å². The number of benzene rings is 2. The maximum atomic E-state index is 13.2. The summed E-state index contributed by atoms with van der Waals surface area (Å²) < 4.78 is 13.2. The number of nitrogens with zero attached hydrogens (tertiary/aromatic N) is 3. The minimum atomic E-state index is -0.240. The maximum absolute atomic E-state index is 13.2. The first-order valence-corrected chi connectivity index (χ1v) is 8.48. The molecule has 5 heteroatoms. The minimum Gasteiger partial charge on any atom is -0.378 e. The number of carbonyl (C=O) groups is 1. The Morgan fingerprint density at radius 1 is 1.12 bits per heavy atom. The second kappa shape index (κ2) is 7.23. The van der Waals surface area contributed by atoms with Crippen molar-refractivity contribution in [2.45, 2.75) is 6.04 Å². The zero-order chi connectivity index (χ0) is 18.0. The van der Waals surface area contributed by atoms with Gasteiger partial charge in [-0.15, -0.1) is 0 Å². The highest BCUT2D eigenvalue weighted by Gasteiger charge is 2.29. The first-order chi connectivity index (χ1) is 12.0. The summed E-state index contributed by atoms with van der Waals surface area (Å²) in [4.78, 5) is 19.0. The number of hydrogen-bond acceptors (Lipinski definition) is 3. The van der Waals surface area contributed by atoms with Crippen LogP contribution < -0.4 is 4.90 Å². The van der Waals surface area contributed by atoms with Crippen molar-refractivity contribution in [3.8, 4) is 0 Å². The summed E-state index contributed by atoms with van der Waals surface area (Å²) in [5.41, 5.74) is 2.74. The van der Waals surface area contributed by atoms with Gasteiger partial charge in [0.1, 0.15) is 5.82 Å². The van der Waals surface area contributed by atoms with Crippen LogP contribution >= 0.6 is 0 Å². The van der Waals surface area contributed by atoms with Crippen LogP contribution in [0.2, 0.25) is 0 Å². The Morgan fingerprint density at radius 3 is 2.52 bits per heavy atom. The Labute approximate surface area is 148 Å². The van der Waals surface area contributed by atoms with Gasteiger partial charge in [0.2, 0.25) is 0 Å². The fourth-order valence-electron chi connectivity index (χ4n) is 3.20. The van der Waals surface area contributed by atoms with Crippen LogP contribution in [0.15, 0.2) is 48.5 Å². The van der Waals surface area contributed by atoms with Crippen molar-refractivity contribution >= 4 is 11.6 Å². The predicted molar refractivity (Wildman–Crippen MR) is 98.4 cm³/mol. The molecule has 132 valence electrons. The Balaban J connectivity index is 1.79. The molecule has 1 unspecified atom stereocenters. The lowest BCUT2D eigenvalue weighted by molar-refractivity contribution is 0.0546. The van der Waals surface area contributed by atoms with Crippen LogP contribution in [0.1, 0.15) is 22.0 Å². The lowest BCUT2D eigenvalue weighted by Gasteiger charge is -2.39. The monoisotopic (exact) mass is 341 g/mol. The van der Waals surface area contributed by atoms with Gasteiger partial charge in [-0.2, -0.15) is 0 Å². The fraction of sp³-hybridized carbons (Fsp3) is 0.350. The lowest BCUT2D eigenvalue weighted by atomic mass is 10.0. The first kappa shape index (κ1) is 17.4. The third-order valence-corrected chi connectivity index (χ3v) is 4.80. The molecule has 0 spiro atoms. The van der Waals surface area contributed by atoms with E-state index in [2.05, 4.69) is 4.90 Å². The van der Waals surface area contributed by atoms with E-state index in [4.69, 9.17) is 0 Å². The molecule has 25 heavy (non-hydrogen) atoms. The molecule has 1 heterocycles. The number of piperazine rings is 1. The molecule has 1 aliphatic rings. The van der Waals surface area contributed by atoms with Crippen molar-refractivity contribution < 1.29 is 9.18 Å². The summed E-state index contributed by atoms with van der Waals surface area (Å²) in [5, 5.41) is 0. The van der Waals surface area contributed by atoms with Gasteiger partial charge in [0.15, 0.2) is 0 Å². The summed E-state index contributed by atoms with van der Waals surface area (Å²) in [5.74, 6) is -0.195. The summed E-state index contributed by atoms with van der Waals surface area (Å²) in [6.07, 6.45) is 0. The standard InChI is InChI=1S/C20H24FN3O/c1-22(2)18-6-4-5-16(13-18)20(25)24-12-11-23(3)19(14-24)15-7-9-17(21)10-8-15/h4-10,13,19H,11-12,14H2,1-3H3. The Morgan fingerprint density at radius 2 is 1.84 bits per heavy atom. The van der Waals surface area contributed by atoms with Gasteiger partial charge in [-0.05, 0) is 42.9 Å². The van der Waals surface area contributed by atoms with Gasteiger partial charge in [-0.3, -0.25) is 9.69 Å².